The van der Waals surface area contributed by atoms with E-state index < -0.39 is 0 Å². The van der Waals surface area contributed by atoms with Gasteiger partial charge in [-0.05, 0) is 32.9 Å². The van der Waals surface area contributed by atoms with Crippen molar-refractivity contribution in [1.29, 1.82) is 0 Å². The first-order valence-electron chi connectivity index (χ1n) is 6.78. The summed E-state index contributed by atoms with van der Waals surface area (Å²) in [7, 11) is 2.01. The minimum absolute atomic E-state index is 0.205. The molecule has 1 aliphatic heterocycles. The molecule has 0 aromatic carbocycles. The molecule has 1 heterocycles. The van der Waals surface area contributed by atoms with Crippen LogP contribution in [-0.4, -0.2) is 60.1 Å². The van der Waals surface area contributed by atoms with Crippen molar-refractivity contribution in [3.63, 3.8) is 0 Å². The molecule has 17 heavy (non-hydrogen) atoms. The largest absolute Gasteiger partial charge is 0.393 e. The van der Waals surface area contributed by atoms with Gasteiger partial charge in [0, 0.05) is 13.1 Å². The molecule has 0 saturated carbocycles. The maximum atomic E-state index is 12.0. The summed E-state index contributed by atoms with van der Waals surface area (Å²) in [5, 5.41) is 9.39. The number of amides is 1. The molecule has 1 N–H and O–H groups in total. The van der Waals surface area contributed by atoms with Crippen molar-refractivity contribution < 1.29 is 9.90 Å². The van der Waals surface area contributed by atoms with Gasteiger partial charge in [0.2, 0.25) is 5.91 Å². The summed E-state index contributed by atoms with van der Waals surface area (Å²) in [5.41, 5.74) is 0. The van der Waals surface area contributed by atoms with E-state index in [1.54, 1.807) is 0 Å². The van der Waals surface area contributed by atoms with Crippen LogP contribution in [0.15, 0.2) is 0 Å². The van der Waals surface area contributed by atoms with Gasteiger partial charge in [0.25, 0.3) is 0 Å². The van der Waals surface area contributed by atoms with Crippen molar-refractivity contribution in [2.24, 2.45) is 0 Å². The summed E-state index contributed by atoms with van der Waals surface area (Å²) in [6.45, 7) is 5.12. The van der Waals surface area contributed by atoms with Crippen LogP contribution in [-0.2, 0) is 4.79 Å². The lowest BCUT2D eigenvalue weighted by Crippen LogP contribution is -2.44. The molecule has 0 aromatic heterocycles. The Hall–Kier alpha value is -0.610. The van der Waals surface area contributed by atoms with Crippen molar-refractivity contribution in [3.05, 3.63) is 0 Å². The van der Waals surface area contributed by atoms with Crippen LogP contribution < -0.4 is 0 Å². The molecule has 0 aromatic rings. The summed E-state index contributed by atoms with van der Waals surface area (Å²) in [6, 6.07) is 0. The van der Waals surface area contributed by atoms with E-state index in [0.717, 1.165) is 19.4 Å². The number of unbranched alkanes of at least 4 members (excludes halogenated alkanes) is 2. The van der Waals surface area contributed by atoms with Crippen LogP contribution in [0.25, 0.3) is 0 Å². The molecule has 0 unspecified atom stereocenters. The third-order valence-corrected chi connectivity index (χ3v) is 3.37. The highest BCUT2D eigenvalue weighted by atomic mass is 16.3. The summed E-state index contributed by atoms with van der Waals surface area (Å²) in [4.78, 5) is 15.9. The monoisotopic (exact) mass is 242 g/mol. The standard InChI is InChI=1S/C13H26N2O2/c1-3-4-5-8-14(2)11-13(17)15-9-6-12(16)7-10-15/h12,16H,3-11H2,1-2H3. The quantitative estimate of drug-likeness (QED) is 0.709. The maximum Gasteiger partial charge on any atom is 0.236 e. The Morgan fingerprint density at radius 2 is 2.00 bits per heavy atom. The summed E-state index contributed by atoms with van der Waals surface area (Å²) < 4.78 is 0. The number of hydrogen-bond acceptors (Lipinski definition) is 3. The van der Waals surface area contributed by atoms with E-state index in [2.05, 4.69) is 11.8 Å². The van der Waals surface area contributed by atoms with Gasteiger partial charge in [-0.2, -0.15) is 0 Å². The van der Waals surface area contributed by atoms with E-state index >= 15 is 0 Å². The fourth-order valence-electron chi connectivity index (χ4n) is 2.16. The molecule has 0 aliphatic carbocycles. The van der Waals surface area contributed by atoms with E-state index in [1.807, 2.05) is 11.9 Å². The Bertz CT molecular complexity index is 225. The van der Waals surface area contributed by atoms with E-state index in [0.29, 0.717) is 19.6 Å². The van der Waals surface area contributed by atoms with Gasteiger partial charge in [0.15, 0.2) is 0 Å². The van der Waals surface area contributed by atoms with Crippen molar-refractivity contribution >= 4 is 5.91 Å². The fourth-order valence-corrected chi connectivity index (χ4v) is 2.16. The van der Waals surface area contributed by atoms with Gasteiger partial charge in [-0.15, -0.1) is 0 Å². The second-order valence-electron chi connectivity index (χ2n) is 5.06. The number of piperidine rings is 1. The van der Waals surface area contributed by atoms with E-state index in [-0.39, 0.29) is 12.0 Å². The third kappa shape index (κ3) is 5.50. The van der Waals surface area contributed by atoms with Gasteiger partial charge >= 0.3 is 0 Å². The summed E-state index contributed by atoms with van der Waals surface area (Å²) >= 11 is 0. The molecule has 1 rings (SSSR count). The first-order valence-corrected chi connectivity index (χ1v) is 6.78. The number of likely N-dealkylation sites (tertiary alicyclic amines) is 1. The number of carbonyl (C=O) groups excluding carboxylic acids is 1. The molecular weight excluding hydrogens is 216 g/mol. The zero-order chi connectivity index (χ0) is 12.7. The van der Waals surface area contributed by atoms with Gasteiger partial charge in [-0.3, -0.25) is 9.69 Å². The van der Waals surface area contributed by atoms with E-state index in [9.17, 15) is 9.90 Å². The first-order chi connectivity index (χ1) is 8.13. The van der Waals surface area contributed by atoms with Gasteiger partial charge in [0.1, 0.15) is 0 Å². The molecule has 4 nitrogen and oxygen atoms in total. The van der Waals surface area contributed by atoms with Crippen LogP contribution in [0, 0.1) is 0 Å². The number of likely N-dealkylation sites (N-methyl/N-ethyl adjacent to an activating group) is 1. The predicted molar refractivity (Wildman–Crippen MR) is 68.8 cm³/mol. The number of nitrogens with zero attached hydrogens (tertiary/aromatic N) is 2. The molecule has 1 aliphatic rings. The second kappa shape index (κ2) is 7.67. The Labute approximate surface area is 105 Å². The molecule has 100 valence electrons. The fraction of sp³-hybridized carbons (Fsp3) is 0.923. The van der Waals surface area contributed by atoms with Crippen LogP contribution in [0.4, 0.5) is 0 Å². The van der Waals surface area contributed by atoms with Gasteiger partial charge in [-0.1, -0.05) is 19.8 Å². The number of aliphatic hydroxyl groups excluding tert-OH is 1. The molecule has 1 amide bonds. The lowest BCUT2D eigenvalue weighted by Gasteiger charge is -2.31. The Kier molecular flexibility index (Phi) is 6.52. The third-order valence-electron chi connectivity index (χ3n) is 3.37. The van der Waals surface area contributed by atoms with E-state index in [4.69, 9.17) is 0 Å². The van der Waals surface area contributed by atoms with Crippen LogP contribution in [0.1, 0.15) is 39.0 Å². The number of carbonyl (C=O) groups is 1. The van der Waals surface area contributed by atoms with Gasteiger partial charge in [-0.25, -0.2) is 0 Å². The molecule has 1 saturated heterocycles. The van der Waals surface area contributed by atoms with Crippen LogP contribution in [0.3, 0.4) is 0 Å². The van der Waals surface area contributed by atoms with Gasteiger partial charge < -0.3 is 10.0 Å². The molecule has 1 fully saturated rings. The van der Waals surface area contributed by atoms with Crippen molar-refractivity contribution in [2.75, 3.05) is 33.2 Å². The van der Waals surface area contributed by atoms with Crippen molar-refractivity contribution in [1.82, 2.24) is 9.80 Å². The Morgan fingerprint density at radius 3 is 2.59 bits per heavy atom. The average molecular weight is 242 g/mol. The second-order valence-corrected chi connectivity index (χ2v) is 5.06. The van der Waals surface area contributed by atoms with Crippen molar-refractivity contribution in [3.8, 4) is 0 Å². The summed E-state index contributed by atoms with van der Waals surface area (Å²) in [6.07, 6.45) is 4.86. The van der Waals surface area contributed by atoms with Gasteiger partial charge in [0.05, 0.1) is 12.6 Å². The topological polar surface area (TPSA) is 43.8 Å². The highest BCUT2D eigenvalue weighted by Gasteiger charge is 2.21. The SMILES string of the molecule is CCCCCN(C)CC(=O)N1CCC(O)CC1. The van der Waals surface area contributed by atoms with E-state index in [1.165, 1.54) is 19.3 Å². The lowest BCUT2D eigenvalue weighted by molar-refractivity contribution is -0.134. The number of hydrogen-bond donors (Lipinski definition) is 1. The Balaban J connectivity index is 2.19. The summed E-state index contributed by atoms with van der Waals surface area (Å²) in [5.74, 6) is 0.205. The molecule has 0 bridgehead atoms. The normalized spacial score (nSPS) is 17.8. The zero-order valence-electron chi connectivity index (χ0n) is 11.2. The number of aliphatic hydroxyl groups is 1. The smallest absolute Gasteiger partial charge is 0.236 e. The first kappa shape index (κ1) is 14.5. The molecule has 0 spiro atoms. The predicted octanol–water partition coefficient (Wildman–Crippen LogP) is 1.09. The average Bonchev–Trinajstić information content (AvgIpc) is 2.30. The molecular formula is C13H26N2O2. The molecule has 0 atom stereocenters. The zero-order valence-corrected chi connectivity index (χ0v) is 11.2. The minimum atomic E-state index is -0.207. The number of rotatable bonds is 6. The highest BCUT2D eigenvalue weighted by molar-refractivity contribution is 5.78. The molecule has 0 radical (unpaired) electrons. The van der Waals surface area contributed by atoms with Crippen molar-refractivity contribution in [2.45, 2.75) is 45.1 Å². The van der Waals surface area contributed by atoms with Crippen LogP contribution >= 0.6 is 0 Å². The minimum Gasteiger partial charge on any atom is -0.393 e. The van der Waals surface area contributed by atoms with Crippen LogP contribution in [0.5, 0.6) is 0 Å². The maximum absolute atomic E-state index is 12.0. The van der Waals surface area contributed by atoms with Crippen LogP contribution in [0.2, 0.25) is 0 Å². The molecule has 4 heteroatoms. The Morgan fingerprint density at radius 1 is 1.35 bits per heavy atom. The lowest BCUT2D eigenvalue weighted by atomic mass is 10.1. The highest BCUT2D eigenvalue weighted by Crippen LogP contribution is 2.10.